The fourth-order valence-corrected chi connectivity index (χ4v) is 2.05. The van der Waals surface area contributed by atoms with Crippen molar-refractivity contribution in [1.29, 1.82) is 0 Å². The van der Waals surface area contributed by atoms with Gasteiger partial charge in [0.05, 0.1) is 6.10 Å². The van der Waals surface area contributed by atoms with Gasteiger partial charge in [-0.15, -0.1) is 0 Å². The Morgan fingerprint density at radius 3 is 2.78 bits per heavy atom. The third-order valence-corrected chi connectivity index (χ3v) is 3.05. The molecule has 1 unspecified atom stereocenters. The number of aryl methyl sites for hydroxylation is 3. The van der Waals surface area contributed by atoms with E-state index in [1.165, 1.54) is 12.1 Å². The van der Waals surface area contributed by atoms with E-state index in [-0.39, 0.29) is 5.82 Å². The van der Waals surface area contributed by atoms with Crippen LogP contribution in [-0.2, 0) is 13.5 Å². The third-order valence-electron chi connectivity index (χ3n) is 3.05. The lowest BCUT2D eigenvalue weighted by Gasteiger charge is -2.12. The molecule has 18 heavy (non-hydrogen) atoms. The van der Waals surface area contributed by atoms with E-state index in [9.17, 15) is 9.50 Å². The quantitative estimate of drug-likeness (QED) is 0.903. The molecule has 2 aromatic rings. The van der Waals surface area contributed by atoms with E-state index in [1.807, 2.05) is 26.1 Å². The van der Waals surface area contributed by atoms with Gasteiger partial charge in [-0.05, 0) is 49.1 Å². The summed E-state index contributed by atoms with van der Waals surface area (Å²) in [5.74, 6) is -0.301. The van der Waals surface area contributed by atoms with Crippen molar-refractivity contribution in [1.82, 2.24) is 9.78 Å². The Bertz CT molecular complexity index is 516. The van der Waals surface area contributed by atoms with Crippen molar-refractivity contribution in [3.63, 3.8) is 0 Å². The van der Waals surface area contributed by atoms with Gasteiger partial charge in [0.25, 0.3) is 0 Å². The number of aromatic nitrogens is 2. The van der Waals surface area contributed by atoms with Crippen LogP contribution in [0.25, 0.3) is 0 Å². The van der Waals surface area contributed by atoms with Crippen LogP contribution in [0.15, 0.2) is 30.5 Å². The minimum atomic E-state index is -0.644. The first-order valence-corrected chi connectivity index (χ1v) is 5.98. The van der Waals surface area contributed by atoms with E-state index in [1.54, 1.807) is 10.9 Å². The second-order valence-electron chi connectivity index (χ2n) is 4.56. The van der Waals surface area contributed by atoms with Crippen LogP contribution in [0.5, 0.6) is 0 Å². The number of hydrogen-bond acceptors (Lipinski definition) is 2. The molecule has 0 spiro atoms. The molecule has 96 valence electrons. The summed E-state index contributed by atoms with van der Waals surface area (Å²) in [7, 11) is 1.87. The lowest BCUT2D eigenvalue weighted by Crippen LogP contribution is -2.04. The molecule has 1 atom stereocenters. The minimum Gasteiger partial charge on any atom is -0.388 e. The van der Waals surface area contributed by atoms with Gasteiger partial charge in [0.1, 0.15) is 5.82 Å². The van der Waals surface area contributed by atoms with Crippen molar-refractivity contribution < 1.29 is 9.50 Å². The zero-order valence-corrected chi connectivity index (χ0v) is 10.6. The predicted octanol–water partition coefficient (Wildman–Crippen LogP) is 2.53. The van der Waals surface area contributed by atoms with Gasteiger partial charge in [-0.2, -0.15) is 5.10 Å². The SMILES string of the molecule is Cc1cc(F)cc(C(O)CCc2ccnn2C)c1. The van der Waals surface area contributed by atoms with Gasteiger partial charge < -0.3 is 5.11 Å². The van der Waals surface area contributed by atoms with Crippen LogP contribution >= 0.6 is 0 Å². The van der Waals surface area contributed by atoms with Crippen LogP contribution in [0.3, 0.4) is 0 Å². The second kappa shape index (κ2) is 5.31. The lowest BCUT2D eigenvalue weighted by molar-refractivity contribution is 0.166. The van der Waals surface area contributed by atoms with E-state index in [2.05, 4.69) is 5.10 Å². The third kappa shape index (κ3) is 2.96. The average molecular weight is 248 g/mol. The Kier molecular flexibility index (Phi) is 3.77. The summed E-state index contributed by atoms with van der Waals surface area (Å²) in [5, 5.41) is 14.1. The Labute approximate surface area is 106 Å². The number of benzene rings is 1. The van der Waals surface area contributed by atoms with Gasteiger partial charge in [0.2, 0.25) is 0 Å². The van der Waals surface area contributed by atoms with Gasteiger partial charge in [0, 0.05) is 18.9 Å². The summed E-state index contributed by atoms with van der Waals surface area (Å²) < 4.78 is 15.0. The van der Waals surface area contributed by atoms with E-state index in [0.29, 0.717) is 18.4 Å². The maximum Gasteiger partial charge on any atom is 0.123 e. The largest absolute Gasteiger partial charge is 0.388 e. The fraction of sp³-hybridized carbons (Fsp3) is 0.357. The number of aliphatic hydroxyl groups excluding tert-OH is 1. The van der Waals surface area contributed by atoms with E-state index >= 15 is 0 Å². The molecule has 0 aliphatic rings. The van der Waals surface area contributed by atoms with E-state index < -0.39 is 6.10 Å². The molecular formula is C14H17FN2O. The van der Waals surface area contributed by atoms with Crippen molar-refractivity contribution in [2.75, 3.05) is 0 Å². The van der Waals surface area contributed by atoms with Gasteiger partial charge in [-0.25, -0.2) is 4.39 Å². The molecule has 1 aromatic carbocycles. The zero-order valence-electron chi connectivity index (χ0n) is 10.6. The van der Waals surface area contributed by atoms with Crippen LogP contribution in [-0.4, -0.2) is 14.9 Å². The lowest BCUT2D eigenvalue weighted by atomic mass is 10.0. The summed E-state index contributed by atoms with van der Waals surface area (Å²) in [6.45, 7) is 1.82. The van der Waals surface area contributed by atoms with E-state index in [4.69, 9.17) is 0 Å². The summed E-state index contributed by atoms with van der Waals surface area (Å²) >= 11 is 0. The van der Waals surface area contributed by atoms with Gasteiger partial charge in [-0.3, -0.25) is 4.68 Å². The monoisotopic (exact) mass is 248 g/mol. The number of halogens is 1. The predicted molar refractivity (Wildman–Crippen MR) is 67.6 cm³/mol. The van der Waals surface area contributed by atoms with Crippen LogP contribution in [0.4, 0.5) is 4.39 Å². The maximum atomic E-state index is 13.2. The van der Waals surface area contributed by atoms with Gasteiger partial charge in [0.15, 0.2) is 0 Å². The van der Waals surface area contributed by atoms with Crippen LogP contribution in [0.2, 0.25) is 0 Å². The van der Waals surface area contributed by atoms with Crippen LogP contribution in [0.1, 0.15) is 29.3 Å². The molecule has 1 heterocycles. The molecule has 0 saturated carbocycles. The van der Waals surface area contributed by atoms with Gasteiger partial charge in [-0.1, -0.05) is 6.07 Å². The summed E-state index contributed by atoms with van der Waals surface area (Å²) in [5.41, 5.74) is 2.52. The van der Waals surface area contributed by atoms with Crippen molar-refractivity contribution in [2.45, 2.75) is 25.9 Å². The molecule has 0 saturated heterocycles. The summed E-state index contributed by atoms with van der Waals surface area (Å²) in [4.78, 5) is 0. The van der Waals surface area contributed by atoms with Crippen LogP contribution < -0.4 is 0 Å². The highest BCUT2D eigenvalue weighted by molar-refractivity contribution is 5.25. The Morgan fingerprint density at radius 2 is 2.17 bits per heavy atom. The molecule has 3 nitrogen and oxygen atoms in total. The summed E-state index contributed by atoms with van der Waals surface area (Å²) in [6.07, 6.45) is 2.36. The smallest absolute Gasteiger partial charge is 0.123 e. The molecule has 0 amide bonds. The minimum absolute atomic E-state index is 0.301. The normalized spacial score (nSPS) is 12.7. The molecule has 0 bridgehead atoms. The molecule has 1 aromatic heterocycles. The zero-order chi connectivity index (χ0) is 13.1. The fourth-order valence-electron chi connectivity index (χ4n) is 2.05. The Balaban J connectivity index is 2.03. The van der Waals surface area contributed by atoms with Crippen molar-refractivity contribution in [2.24, 2.45) is 7.05 Å². The topological polar surface area (TPSA) is 38.1 Å². The summed E-state index contributed by atoms with van der Waals surface area (Å²) in [6, 6.07) is 6.58. The molecule has 2 rings (SSSR count). The number of rotatable bonds is 4. The Hall–Kier alpha value is -1.68. The standard InChI is InChI=1S/C14H17FN2O/c1-10-7-11(9-12(15)8-10)14(18)4-3-13-5-6-16-17(13)2/h5-9,14,18H,3-4H2,1-2H3. The first-order valence-electron chi connectivity index (χ1n) is 5.98. The highest BCUT2D eigenvalue weighted by atomic mass is 19.1. The Morgan fingerprint density at radius 1 is 1.39 bits per heavy atom. The highest BCUT2D eigenvalue weighted by Crippen LogP contribution is 2.21. The molecule has 0 aliphatic carbocycles. The van der Waals surface area contributed by atoms with Crippen LogP contribution in [0, 0.1) is 12.7 Å². The molecule has 4 heteroatoms. The van der Waals surface area contributed by atoms with E-state index in [0.717, 1.165) is 11.3 Å². The first kappa shape index (κ1) is 12.8. The number of nitrogens with zero attached hydrogens (tertiary/aromatic N) is 2. The number of hydrogen-bond donors (Lipinski definition) is 1. The molecule has 0 radical (unpaired) electrons. The van der Waals surface area contributed by atoms with Crippen molar-refractivity contribution in [3.05, 3.63) is 53.1 Å². The average Bonchev–Trinajstić information content (AvgIpc) is 2.70. The second-order valence-corrected chi connectivity index (χ2v) is 4.56. The number of aliphatic hydroxyl groups is 1. The van der Waals surface area contributed by atoms with Crippen molar-refractivity contribution in [3.8, 4) is 0 Å². The first-order chi connectivity index (χ1) is 8.56. The highest BCUT2D eigenvalue weighted by Gasteiger charge is 2.10. The molecule has 1 N–H and O–H groups in total. The van der Waals surface area contributed by atoms with Gasteiger partial charge >= 0.3 is 0 Å². The molecule has 0 aliphatic heterocycles. The molecular weight excluding hydrogens is 231 g/mol. The van der Waals surface area contributed by atoms with Crippen molar-refractivity contribution >= 4 is 0 Å². The molecule has 0 fully saturated rings. The maximum absolute atomic E-state index is 13.2.